The Labute approximate surface area is 122 Å². The Bertz CT molecular complexity index is 224. The van der Waals surface area contributed by atoms with Crippen LogP contribution in [0.1, 0.15) is 26.7 Å². The van der Waals surface area contributed by atoms with Crippen molar-refractivity contribution in [3.05, 3.63) is 0 Å². The van der Waals surface area contributed by atoms with E-state index in [9.17, 15) is 5.11 Å². The molecule has 1 aliphatic rings. The summed E-state index contributed by atoms with van der Waals surface area (Å²) in [5, 5.41) is 10.0. The molecule has 0 radical (unpaired) electrons. The molecular formula is C15H30O5. The van der Waals surface area contributed by atoms with Crippen molar-refractivity contribution in [3.63, 3.8) is 0 Å². The molecule has 0 heterocycles. The van der Waals surface area contributed by atoms with E-state index in [1.54, 1.807) is 7.11 Å². The number of ether oxygens (including phenoxy) is 4. The van der Waals surface area contributed by atoms with Gasteiger partial charge in [-0.25, -0.2) is 0 Å². The van der Waals surface area contributed by atoms with E-state index >= 15 is 0 Å². The van der Waals surface area contributed by atoms with Crippen LogP contribution in [0, 0.1) is 11.8 Å². The molecule has 0 aromatic rings. The predicted octanol–water partition coefficient (Wildman–Crippen LogP) is 1.48. The second kappa shape index (κ2) is 10.5. The average molecular weight is 290 g/mol. The number of aliphatic hydroxyl groups excluding tert-OH is 1. The highest BCUT2D eigenvalue weighted by molar-refractivity contribution is 4.83. The second-order valence-corrected chi connectivity index (χ2v) is 5.67. The fraction of sp³-hybridized carbons (Fsp3) is 1.00. The molecule has 1 N–H and O–H groups in total. The van der Waals surface area contributed by atoms with Crippen LogP contribution in [-0.4, -0.2) is 64.1 Å². The molecule has 1 fully saturated rings. The second-order valence-electron chi connectivity index (χ2n) is 5.67. The molecule has 5 nitrogen and oxygen atoms in total. The Morgan fingerprint density at radius 3 is 2.10 bits per heavy atom. The van der Waals surface area contributed by atoms with Gasteiger partial charge in [-0.15, -0.1) is 0 Å². The van der Waals surface area contributed by atoms with E-state index in [1.165, 1.54) is 0 Å². The molecular weight excluding hydrogens is 260 g/mol. The summed E-state index contributed by atoms with van der Waals surface area (Å²) < 4.78 is 21.3. The number of aliphatic hydroxyl groups is 1. The Morgan fingerprint density at radius 1 is 0.900 bits per heavy atom. The Hall–Kier alpha value is -0.200. The van der Waals surface area contributed by atoms with Crippen molar-refractivity contribution in [1.29, 1.82) is 0 Å². The van der Waals surface area contributed by atoms with E-state index < -0.39 is 0 Å². The number of hydrogen-bond donors (Lipinski definition) is 1. The summed E-state index contributed by atoms with van der Waals surface area (Å²) in [7, 11) is 1.65. The first-order valence-corrected chi connectivity index (χ1v) is 7.59. The molecule has 4 unspecified atom stereocenters. The third-order valence-electron chi connectivity index (χ3n) is 3.70. The largest absolute Gasteiger partial charge is 0.390 e. The lowest BCUT2D eigenvalue weighted by atomic mass is 9.79. The van der Waals surface area contributed by atoms with Crippen LogP contribution in [0.5, 0.6) is 0 Å². The zero-order chi connectivity index (χ0) is 14.8. The van der Waals surface area contributed by atoms with E-state index in [0.717, 1.165) is 12.8 Å². The normalized spacial score (nSPS) is 30.6. The number of hydrogen-bond acceptors (Lipinski definition) is 5. The maximum atomic E-state index is 10.0. The molecule has 0 spiro atoms. The van der Waals surface area contributed by atoms with Crippen molar-refractivity contribution in [2.24, 2.45) is 11.8 Å². The van der Waals surface area contributed by atoms with Gasteiger partial charge >= 0.3 is 0 Å². The summed E-state index contributed by atoms with van der Waals surface area (Å²) in [6.07, 6.45) is 1.57. The molecule has 0 saturated heterocycles. The molecule has 1 saturated carbocycles. The predicted molar refractivity (Wildman–Crippen MR) is 76.8 cm³/mol. The minimum Gasteiger partial charge on any atom is -0.390 e. The Morgan fingerprint density at radius 2 is 1.50 bits per heavy atom. The molecule has 5 heteroatoms. The van der Waals surface area contributed by atoms with E-state index in [0.29, 0.717) is 51.5 Å². The molecule has 0 amide bonds. The lowest BCUT2D eigenvalue weighted by molar-refractivity contribution is -0.108. The van der Waals surface area contributed by atoms with E-state index in [4.69, 9.17) is 18.9 Å². The summed E-state index contributed by atoms with van der Waals surface area (Å²) in [6, 6.07) is 0. The molecule has 1 rings (SSSR count). The smallest absolute Gasteiger partial charge is 0.0860 e. The zero-order valence-corrected chi connectivity index (χ0v) is 13.0. The van der Waals surface area contributed by atoms with Crippen LogP contribution in [-0.2, 0) is 18.9 Å². The fourth-order valence-corrected chi connectivity index (χ4v) is 2.77. The SMILES string of the molecule is COCCOCCOCCOC1C(C)CC(C)CC1O. The van der Waals surface area contributed by atoms with Crippen LogP contribution in [0.25, 0.3) is 0 Å². The zero-order valence-electron chi connectivity index (χ0n) is 13.0. The number of methoxy groups -OCH3 is 1. The monoisotopic (exact) mass is 290 g/mol. The molecule has 0 aliphatic heterocycles. The Kier molecular flexibility index (Phi) is 9.39. The van der Waals surface area contributed by atoms with Crippen LogP contribution < -0.4 is 0 Å². The topological polar surface area (TPSA) is 57.2 Å². The third-order valence-corrected chi connectivity index (χ3v) is 3.70. The van der Waals surface area contributed by atoms with Crippen molar-refractivity contribution in [2.45, 2.75) is 38.9 Å². The van der Waals surface area contributed by atoms with Crippen molar-refractivity contribution < 1.29 is 24.1 Å². The molecule has 20 heavy (non-hydrogen) atoms. The summed E-state index contributed by atoms with van der Waals surface area (Å²) >= 11 is 0. The van der Waals surface area contributed by atoms with Gasteiger partial charge < -0.3 is 24.1 Å². The van der Waals surface area contributed by atoms with E-state index in [-0.39, 0.29) is 12.2 Å². The first kappa shape index (κ1) is 17.9. The molecule has 120 valence electrons. The van der Waals surface area contributed by atoms with Gasteiger partial charge in [0.15, 0.2) is 0 Å². The summed E-state index contributed by atoms with van der Waals surface area (Å²) in [5.41, 5.74) is 0. The molecule has 0 aromatic heterocycles. The fourth-order valence-electron chi connectivity index (χ4n) is 2.77. The van der Waals surface area contributed by atoms with Crippen molar-refractivity contribution in [2.75, 3.05) is 46.8 Å². The van der Waals surface area contributed by atoms with Gasteiger partial charge in [-0.05, 0) is 24.7 Å². The first-order valence-electron chi connectivity index (χ1n) is 7.59. The number of rotatable bonds is 10. The van der Waals surface area contributed by atoms with Gasteiger partial charge in [0, 0.05) is 7.11 Å². The van der Waals surface area contributed by atoms with Gasteiger partial charge in [-0.1, -0.05) is 13.8 Å². The van der Waals surface area contributed by atoms with Crippen LogP contribution in [0.3, 0.4) is 0 Å². The van der Waals surface area contributed by atoms with Gasteiger partial charge in [0.1, 0.15) is 0 Å². The summed E-state index contributed by atoms with van der Waals surface area (Å²) in [6.45, 7) is 7.74. The average Bonchev–Trinajstić information content (AvgIpc) is 2.39. The van der Waals surface area contributed by atoms with Crippen LogP contribution in [0.15, 0.2) is 0 Å². The van der Waals surface area contributed by atoms with E-state index in [1.807, 2.05) is 0 Å². The van der Waals surface area contributed by atoms with Gasteiger partial charge in [0.25, 0.3) is 0 Å². The van der Waals surface area contributed by atoms with Crippen molar-refractivity contribution >= 4 is 0 Å². The van der Waals surface area contributed by atoms with Gasteiger partial charge in [0.2, 0.25) is 0 Å². The van der Waals surface area contributed by atoms with Crippen LogP contribution >= 0.6 is 0 Å². The third kappa shape index (κ3) is 6.99. The van der Waals surface area contributed by atoms with Crippen molar-refractivity contribution in [3.8, 4) is 0 Å². The lowest BCUT2D eigenvalue weighted by Gasteiger charge is -2.36. The maximum Gasteiger partial charge on any atom is 0.0860 e. The minimum atomic E-state index is -0.342. The highest BCUT2D eigenvalue weighted by atomic mass is 16.6. The first-order chi connectivity index (χ1) is 9.65. The van der Waals surface area contributed by atoms with Gasteiger partial charge in [-0.2, -0.15) is 0 Å². The quantitative estimate of drug-likeness (QED) is 0.618. The molecule has 1 aliphatic carbocycles. The van der Waals surface area contributed by atoms with Crippen LogP contribution in [0.4, 0.5) is 0 Å². The standard InChI is InChI=1S/C15H30O5/c1-12-10-13(2)15(14(16)11-12)20-9-8-19-7-6-18-5-4-17-3/h12-16H,4-11H2,1-3H3. The van der Waals surface area contributed by atoms with Crippen LogP contribution in [0.2, 0.25) is 0 Å². The minimum absolute atomic E-state index is 0.0484. The highest BCUT2D eigenvalue weighted by Gasteiger charge is 2.33. The lowest BCUT2D eigenvalue weighted by Crippen LogP contribution is -2.41. The van der Waals surface area contributed by atoms with Gasteiger partial charge in [0.05, 0.1) is 51.8 Å². The summed E-state index contributed by atoms with van der Waals surface area (Å²) in [4.78, 5) is 0. The summed E-state index contributed by atoms with van der Waals surface area (Å²) in [5.74, 6) is 0.992. The molecule has 0 bridgehead atoms. The molecule has 0 aromatic carbocycles. The van der Waals surface area contributed by atoms with Gasteiger partial charge in [-0.3, -0.25) is 0 Å². The highest BCUT2D eigenvalue weighted by Crippen LogP contribution is 2.30. The van der Waals surface area contributed by atoms with E-state index in [2.05, 4.69) is 13.8 Å². The molecule has 4 atom stereocenters. The van der Waals surface area contributed by atoms with Crippen molar-refractivity contribution in [1.82, 2.24) is 0 Å². The maximum absolute atomic E-state index is 10.0. The Balaban J connectivity index is 1.98.